The molecule has 3 rings (SSSR count). The Balaban J connectivity index is 0.000000164. The number of aromatic carboxylic acids is 1. The van der Waals surface area contributed by atoms with Crippen molar-refractivity contribution in [2.75, 3.05) is 0 Å². The van der Waals surface area contributed by atoms with Crippen LogP contribution in [0.1, 0.15) is 15.9 Å². The van der Waals surface area contributed by atoms with Crippen LogP contribution in [0.4, 0.5) is 0 Å². The minimum Gasteiger partial charge on any atom is -0.618 e. The smallest absolute Gasteiger partial charge is 0.335 e. The summed E-state index contributed by atoms with van der Waals surface area (Å²) in [5.74, 6) is -0.956. The predicted octanol–water partition coefficient (Wildman–Crippen LogP) is 3.82. The van der Waals surface area contributed by atoms with Crippen molar-refractivity contribution in [2.24, 2.45) is 0 Å². The molecule has 0 amide bonds. The van der Waals surface area contributed by atoms with Gasteiger partial charge in [0, 0.05) is 22.0 Å². The first-order chi connectivity index (χ1) is 10.5. The van der Waals surface area contributed by atoms with Crippen molar-refractivity contribution in [1.82, 2.24) is 0 Å². The molecule has 0 fully saturated rings. The first kappa shape index (κ1) is 15.8. The van der Waals surface area contributed by atoms with Gasteiger partial charge in [0.2, 0.25) is 5.52 Å². The lowest BCUT2D eigenvalue weighted by atomic mass is 10.2. The molecule has 0 unspecified atom stereocenters. The first-order valence-corrected chi connectivity index (χ1v) is 6.92. The molecule has 1 N–H and O–H groups in total. The van der Waals surface area contributed by atoms with Crippen LogP contribution in [-0.4, -0.2) is 11.1 Å². The lowest BCUT2D eigenvalue weighted by Crippen LogP contribution is -2.26. The van der Waals surface area contributed by atoms with E-state index in [9.17, 15) is 10.0 Å². The average Bonchev–Trinajstić information content (AvgIpc) is 2.47. The molecule has 1 heterocycles. The number of nitrogens with zero attached hydrogens (tertiary/aromatic N) is 1. The van der Waals surface area contributed by atoms with Gasteiger partial charge in [-0.1, -0.05) is 29.8 Å². The van der Waals surface area contributed by atoms with Crippen molar-refractivity contribution < 1.29 is 14.6 Å². The zero-order chi connectivity index (χ0) is 16.1. The Labute approximate surface area is 132 Å². The maximum atomic E-state index is 11.3. The number of hydrogen-bond donors (Lipinski definition) is 1. The number of benzene rings is 2. The van der Waals surface area contributed by atoms with Crippen LogP contribution < -0.4 is 4.73 Å². The second kappa shape index (κ2) is 6.91. The Bertz CT molecular complexity index is 818. The van der Waals surface area contributed by atoms with Crippen LogP contribution in [0.2, 0.25) is 5.02 Å². The number of rotatable bonds is 1. The summed E-state index contributed by atoms with van der Waals surface area (Å²) in [6, 6.07) is 15.7. The summed E-state index contributed by atoms with van der Waals surface area (Å²) < 4.78 is 0.907. The Kier molecular flexibility index (Phi) is 4.96. The van der Waals surface area contributed by atoms with E-state index in [1.165, 1.54) is 12.1 Å². The maximum absolute atomic E-state index is 11.3. The molecule has 0 radical (unpaired) electrons. The molecule has 112 valence electrons. The molecule has 0 aliphatic rings. The van der Waals surface area contributed by atoms with Crippen molar-refractivity contribution in [3.63, 3.8) is 0 Å². The third-order valence-electron chi connectivity index (χ3n) is 2.95. The van der Waals surface area contributed by atoms with E-state index in [2.05, 4.69) is 0 Å². The monoisotopic (exact) mass is 315 g/mol. The van der Waals surface area contributed by atoms with Gasteiger partial charge in [-0.2, -0.15) is 4.73 Å². The number of carboxylic acid groups (broad SMARTS) is 1. The number of halogens is 1. The van der Waals surface area contributed by atoms with E-state index in [0.717, 1.165) is 21.2 Å². The molecule has 3 aromatic rings. The van der Waals surface area contributed by atoms with Crippen LogP contribution >= 0.6 is 11.6 Å². The molecule has 0 bridgehead atoms. The van der Waals surface area contributed by atoms with E-state index in [1.54, 1.807) is 18.3 Å². The predicted molar refractivity (Wildman–Crippen MR) is 86.1 cm³/mol. The third-order valence-corrected chi connectivity index (χ3v) is 3.18. The van der Waals surface area contributed by atoms with Gasteiger partial charge in [0.05, 0.1) is 5.56 Å². The van der Waals surface area contributed by atoms with Gasteiger partial charge in [-0.15, -0.1) is 0 Å². The molecule has 2 aromatic carbocycles. The van der Waals surface area contributed by atoms with Crippen molar-refractivity contribution >= 4 is 28.5 Å². The van der Waals surface area contributed by atoms with Gasteiger partial charge in [-0.3, -0.25) is 0 Å². The number of hydrogen-bond acceptors (Lipinski definition) is 2. The molecule has 22 heavy (non-hydrogen) atoms. The first-order valence-electron chi connectivity index (χ1n) is 6.55. The highest BCUT2D eigenvalue weighted by molar-refractivity contribution is 6.30. The molecule has 0 saturated carbocycles. The number of carbonyl (C=O) groups is 1. The van der Waals surface area contributed by atoms with Crippen molar-refractivity contribution in [2.45, 2.75) is 6.92 Å². The fourth-order valence-electron chi connectivity index (χ4n) is 1.97. The average molecular weight is 316 g/mol. The standard InChI is InChI=1S/C10H9NO.C7H5ClO2/c1-8-6-9-4-2-3-5-10(9)11(12)7-8;8-6-3-1-2-5(4-6)7(9)10/h2-7H,1H3;1-4H,(H,9,10). The Hall–Kier alpha value is -2.59. The number of aromatic nitrogens is 1. The van der Waals surface area contributed by atoms with Crippen LogP contribution in [-0.2, 0) is 0 Å². The lowest BCUT2D eigenvalue weighted by molar-refractivity contribution is -0.577. The SMILES string of the molecule is Cc1cc2ccccc2[n+]([O-])c1.O=C(O)c1cccc(Cl)c1. The Morgan fingerprint density at radius 3 is 2.50 bits per heavy atom. The zero-order valence-corrected chi connectivity index (χ0v) is 12.6. The van der Waals surface area contributed by atoms with Crippen LogP contribution in [0.5, 0.6) is 0 Å². The van der Waals surface area contributed by atoms with Gasteiger partial charge < -0.3 is 10.3 Å². The van der Waals surface area contributed by atoms with E-state index >= 15 is 0 Å². The van der Waals surface area contributed by atoms with Crippen molar-refractivity contribution in [3.8, 4) is 0 Å². The maximum Gasteiger partial charge on any atom is 0.335 e. The molecule has 1 aromatic heterocycles. The van der Waals surface area contributed by atoms with Gasteiger partial charge in [-0.05, 0) is 37.3 Å². The number of para-hydroxylation sites is 1. The Morgan fingerprint density at radius 2 is 1.86 bits per heavy atom. The Morgan fingerprint density at radius 1 is 1.14 bits per heavy atom. The summed E-state index contributed by atoms with van der Waals surface area (Å²) in [7, 11) is 0. The lowest BCUT2D eigenvalue weighted by Gasteiger charge is -2.01. The van der Waals surface area contributed by atoms with Crippen LogP contribution in [0, 0.1) is 12.1 Å². The third kappa shape index (κ3) is 3.96. The van der Waals surface area contributed by atoms with Crippen molar-refractivity contribution in [3.05, 3.63) is 82.2 Å². The molecular weight excluding hydrogens is 302 g/mol. The van der Waals surface area contributed by atoms with E-state index < -0.39 is 5.97 Å². The minimum absolute atomic E-state index is 0.215. The van der Waals surface area contributed by atoms with Crippen LogP contribution in [0.3, 0.4) is 0 Å². The van der Waals surface area contributed by atoms with E-state index in [1.807, 2.05) is 37.3 Å². The molecule has 0 aliphatic heterocycles. The molecule has 0 aliphatic carbocycles. The molecule has 0 atom stereocenters. The van der Waals surface area contributed by atoms with Crippen LogP contribution in [0.25, 0.3) is 10.9 Å². The summed E-state index contributed by atoms with van der Waals surface area (Å²) in [6.45, 7) is 1.92. The highest BCUT2D eigenvalue weighted by atomic mass is 35.5. The normalized spacial score (nSPS) is 9.91. The highest BCUT2D eigenvalue weighted by Gasteiger charge is 2.02. The van der Waals surface area contributed by atoms with E-state index in [4.69, 9.17) is 16.7 Å². The second-order valence-corrected chi connectivity index (χ2v) is 5.15. The number of pyridine rings is 1. The molecule has 0 saturated heterocycles. The minimum atomic E-state index is -0.956. The summed E-state index contributed by atoms with van der Waals surface area (Å²) in [5.41, 5.74) is 1.93. The summed E-state index contributed by atoms with van der Waals surface area (Å²) in [4.78, 5) is 10.3. The van der Waals surface area contributed by atoms with E-state index in [0.29, 0.717) is 5.02 Å². The quantitative estimate of drug-likeness (QED) is 0.548. The molecular formula is C17H14ClNO3. The molecule has 0 spiro atoms. The second-order valence-electron chi connectivity index (χ2n) is 4.72. The summed E-state index contributed by atoms with van der Waals surface area (Å²) in [6.07, 6.45) is 1.59. The topological polar surface area (TPSA) is 64.2 Å². The highest BCUT2D eigenvalue weighted by Crippen LogP contribution is 2.10. The molecule has 5 heteroatoms. The van der Waals surface area contributed by atoms with Gasteiger partial charge >= 0.3 is 5.97 Å². The summed E-state index contributed by atoms with van der Waals surface area (Å²) >= 11 is 5.53. The van der Waals surface area contributed by atoms with Crippen LogP contribution in [0.15, 0.2) is 60.8 Å². The number of fused-ring (bicyclic) bond motifs is 1. The van der Waals surface area contributed by atoms with Crippen molar-refractivity contribution in [1.29, 1.82) is 0 Å². The largest absolute Gasteiger partial charge is 0.618 e. The molecule has 4 nitrogen and oxygen atoms in total. The summed E-state index contributed by atoms with van der Waals surface area (Å²) in [5, 5.41) is 21.2. The fraction of sp³-hybridized carbons (Fsp3) is 0.0588. The van der Waals surface area contributed by atoms with Gasteiger partial charge in [0.15, 0.2) is 6.20 Å². The number of carboxylic acids is 1. The van der Waals surface area contributed by atoms with E-state index in [-0.39, 0.29) is 5.56 Å². The van der Waals surface area contributed by atoms with Gasteiger partial charge in [0.25, 0.3) is 0 Å². The number of aryl methyl sites for hydroxylation is 1. The van der Waals surface area contributed by atoms with Gasteiger partial charge in [-0.25, -0.2) is 4.79 Å². The fourth-order valence-corrected chi connectivity index (χ4v) is 2.16. The zero-order valence-electron chi connectivity index (χ0n) is 11.9. The van der Waals surface area contributed by atoms with Gasteiger partial charge in [0.1, 0.15) is 0 Å².